The van der Waals surface area contributed by atoms with Crippen molar-refractivity contribution in [3.8, 4) is 11.5 Å². The Kier molecular flexibility index (Phi) is 7.88. The van der Waals surface area contributed by atoms with Gasteiger partial charge in [-0.1, -0.05) is 65.8 Å². The molecule has 0 aliphatic rings. The Hall–Kier alpha value is -1.57. The molecule has 0 heterocycles. The van der Waals surface area contributed by atoms with Crippen molar-refractivity contribution < 1.29 is 13.6 Å². The van der Waals surface area contributed by atoms with Crippen LogP contribution < -0.4 is 8.85 Å². The summed E-state index contributed by atoms with van der Waals surface area (Å²) in [5.74, 6) is 1.90. The molecule has 0 unspecified atom stereocenters. The van der Waals surface area contributed by atoms with Crippen LogP contribution in [0.1, 0.15) is 52.7 Å². The first-order chi connectivity index (χ1) is 14.1. The molecule has 0 atom stereocenters. The van der Waals surface area contributed by atoms with Gasteiger partial charge in [0.2, 0.25) is 16.6 Å². The van der Waals surface area contributed by atoms with Gasteiger partial charge >= 0.3 is 0 Å². The Morgan fingerprint density at radius 3 is 1.10 bits per heavy atom. The van der Waals surface area contributed by atoms with E-state index in [0.29, 0.717) is 13.2 Å². The van der Waals surface area contributed by atoms with Gasteiger partial charge in [-0.3, -0.25) is 0 Å². The van der Waals surface area contributed by atoms with Crippen LogP contribution >= 0.6 is 0 Å². The quantitative estimate of drug-likeness (QED) is 0.373. The van der Waals surface area contributed by atoms with Crippen LogP contribution in [0.3, 0.4) is 0 Å². The number of benzene rings is 2. The van der Waals surface area contributed by atoms with Crippen LogP contribution in [-0.4, -0.2) is 16.6 Å². The molecular formula is C26H42O3Si2. The van der Waals surface area contributed by atoms with Crippen molar-refractivity contribution in [2.24, 2.45) is 0 Å². The Balaban J connectivity index is 1.86. The molecule has 5 heteroatoms. The highest BCUT2D eigenvalue weighted by Gasteiger charge is 2.39. The maximum atomic E-state index is 6.35. The molecule has 2 aromatic carbocycles. The first kappa shape index (κ1) is 25.7. The predicted molar refractivity (Wildman–Crippen MR) is 137 cm³/mol. The van der Waals surface area contributed by atoms with Crippen LogP contribution in [0.15, 0.2) is 48.5 Å². The third-order valence-corrected chi connectivity index (χ3v) is 15.5. The van der Waals surface area contributed by atoms with Crippen molar-refractivity contribution in [2.75, 3.05) is 0 Å². The standard InChI is InChI=1S/C26H42O3Si2/c1-25(2,3)30(7,8)28-23-15-11-21(12-16-23)19-27-20-22-13-17-24(18-14-22)29-31(9,10)26(4,5)6/h11-18H,19-20H2,1-10H3. The summed E-state index contributed by atoms with van der Waals surface area (Å²) in [6, 6.07) is 16.6. The Morgan fingerprint density at radius 1 is 0.548 bits per heavy atom. The van der Waals surface area contributed by atoms with Crippen LogP contribution in [0.25, 0.3) is 0 Å². The molecular weight excluding hydrogens is 416 g/mol. The molecule has 0 saturated heterocycles. The fraction of sp³-hybridized carbons (Fsp3) is 0.538. The monoisotopic (exact) mass is 458 g/mol. The van der Waals surface area contributed by atoms with E-state index in [0.717, 1.165) is 22.6 Å². The van der Waals surface area contributed by atoms with Crippen molar-refractivity contribution in [3.05, 3.63) is 59.7 Å². The minimum atomic E-state index is -1.80. The summed E-state index contributed by atoms with van der Waals surface area (Å²) in [6.07, 6.45) is 0. The molecule has 3 nitrogen and oxygen atoms in total. The number of rotatable bonds is 8. The van der Waals surface area contributed by atoms with Crippen LogP contribution in [0.5, 0.6) is 11.5 Å². The van der Waals surface area contributed by atoms with Gasteiger partial charge in [0.1, 0.15) is 11.5 Å². The van der Waals surface area contributed by atoms with Gasteiger partial charge in [0.05, 0.1) is 13.2 Å². The van der Waals surface area contributed by atoms with E-state index < -0.39 is 16.6 Å². The van der Waals surface area contributed by atoms with Crippen molar-refractivity contribution in [1.82, 2.24) is 0 Å². The topological polar surface area (TPSA) is 27.7 Å². The van der Waals surface area contributed by atoms with Gasteiger partial charge in [-0.15, -0.1) is 0 Å². The molecule has 0 bridgehead atoms. The molecule has 0 radical (unpaired) electrons. The van der Waals surface area contributed by atoms with Gasteiger partial charge in [-0.05, 0) is 71.7 Å². The molecule has 0 aliphatic heterocycles. The summed E-state index contributed by atoms with van der Waals surface area (Å²) in [7, 11) is -3.60. The van der Waals surface area contributed by atoms with Gasteiger partial charge in [-0.2, -0.15) is 0 Å². The van der Waals surface area contributed by atoms with E-state index >= 15 is 0 Å². The Labute approximate surface area is 192 Å². The minimum Gasteiger partial charge on any atom is -0.544 e. The summed E-state index contributed by atoms with van der Waals surface area (Å²) in [5, 5.41) is 0.389. The SMILES string of the molecule is CC(C)(C)[Si](C)(C)Oc1ccc(COCc2ccc(O[Si](C)(C)C(C)(C)C)cc2)cc1. The smallest absolute Gasteiger partial charge is 0.250 e. The summed E-state index contributed by atoms with van der Waals surface area (Å²) < 4.78 is 18.6. The molecule has 172 valence electrons. The molecule has 0 aromatic heterocycles. The zero-order valence-corrected chi connectivity index (χ0v) is 23.3. The normalized spacial score (nSPS) is 13.2. The second kappa shape index (κ2) is 9.51. The molecule has 0 spiro atoms. The Morgan fingerprint density at radius 2 is 0.839 bits per heavy atom. The average Bonchev–Trinajstić information content (AvgIpc) is 2.62. The van der Waals surface area contributed by atoms with Gasteiger partial charge in [-0.25, -0.2) is 0 Å². The van der Waals surface area contributed by atoms with Crippen molar-refractivity contribution in [3.63, 3.8) is 0 Å². The van der Waals surface area contributed by atoms with Gasteiger partial charge in [0.25, 0.3) is 0 Å². The summed E-state index contributed by atoms with van der Waals surface area (Å²) in [5.41, 5.74) is 2.31. The number of ether oxygens (including phenoxy) is 1. The van der Waals surface area contributed by atoms with E-state index in [1.54, 1.807) is 0 Å². The van der Waals surface area contributed by atoms with E-state index in [-0.39, 0.29) is 10.1 Å². The van der Waals surface area contributed by atoms with E-state index in [9.17, 15) is 0 Å². The van der Waals surface area contributed by atoms with E-state index in [4.69, 9.17) is 13.6 Å². The summed E-state index contributed by atoms with van der Waals surface area (Å²) in [6.45, 7) is 23.8. The lowest BCUT2D eigenvalue weighted by Gasteiger charge is -2.36. The molecule has 31 heavy (non-hydrogen) atoms. The van der Waals surface area contributed by atoms with E-state index in [1.807, 2.05) is 0 Å². The third kappa shape index (κ3) is 7.23. The lowest BCUT2D eigenvalue weighted by Crippen LogP contribution is -2.43. The van der Waals surface area contributed by atoms with Gasteiger partial charge in [0.15, 0.2) is 0 Å². The highest BCUT2D eigenvalue weighted by atomic mass is 28.4. The molecule has 2 aromatic rings. The van der Waals surface area contributed by atoms with Crippen LogP contribution in [-0.2, 0) is 18.0 Å². The zero-order valence-electron chi connectivity index (χ0n) is 21.3. The summed E-state index contributed by atoms with van der Waals surface area (Å²) >= 11 is 0. The average molecular weight is 459 g/mol. The van der Waals surface area contributed by atoms with Crippen molar-refractivity contribution >= 4 is 16.6 Å². The lowest BCUT2D eigenvalue weighted by atomic mass is 10.2. The first-order valence-electron chi connectivity index (χ1n) is 11.2. The van der Waals surface area contributed by atoms with Gasteiger partial charge < -0.3 is 13.6 Å². The van der Waals surface area contributed by atoms with Crippen molar-refractivity contribution in [2.45, 2.75) is 91.0 Å². The van der Waals surface area contributed by atoms with Crippen LogP contribution in [0, 0.1) is 0 Å². The first-order valence-corrected chi connectivity index (χ1v) is 17.1. The molecule has 0 N–H and O–H groups in total. The fourth-order valence-corrected chi connectivity index (χ4v) is 4.55. The molecule has 0 amide bonds. The van der Waals surface area contributed by atoms with Crippen LogP contribution in [0.4, 0.5) is 0 Å². The number of hydrogen-bond donors (Lipinski definition) is 0. The molecule has 0 saturated carbocycles. The highest BCUT2D eigenvalue weighted by molar-refractivity contribution is 6.75. The summed E-state index contributed by atoms with van der Waals surface area (Å²) in [4.78, 5) is 0. The largest absolute Gasteiger partial charge is 0.544 e. The van der Waals surface area contributed by atoms with Gasteiger partial charge in [0, 0.05) is 0 Å². The molecule has 0 fully saturated rings. The second-order valence-electron chi connectivity index (χ2n) is 11.5. The maximum Gasteiger partial charge on any atom is 0.250 e. The number of hydrogen-bond acceptors (Lipinski definition) is 3. The Bertz CT molecular complexity index is 755. The van der Waals surface area contributed by atoms with Crippen LogP contribution in [0.2, 0.25) is 36.3 Å². The second-order valence-corrected chi connectivity index (χ2v) is 21.0. The lowest BCUT2D eigenvalue weighted by molar-refractivity contribution is 0.107. The fourth-order valence-electron chi connectivity index (χ4n) is 2.49. The highest BCUT2D eigenvalue weighted by Crippen LogP contribution is 2.38. The maximum absolute atomic E-state index is 6.35. The van der Waals surface area contributed by atoms with E-state index in [1.165, 1.54) is 0 Å². The minimum absolute atomic E-state index is 0.195. The van der Waals surface area contributed by atoms with Crippen molar-refractivity contribution in [1.29, 1.82) is 0 Å². The van der Waals surface area contributed by atoms with E-state index in [2.05, 4.69) is 116 Å². The zero-order chi connectivity index (χ0) is 23.5. The molecule has 0 aliphatic carbocycles. The third-order valence-electron chi connectivity index (χ3n) is 6.74. The predicted octanol–water partition coefficient (Wildman–Crippen LogP) is 8.17. The molecule has 2 rings (SSSR count).